The lowest BCUT2D eigenvalue weighted by molar-refractivity contribution is -0.139. The average molecular weight is 538 g/mol. The van der Waals surface area contributed by atoms with Crippen LogP contribution < -0.4 is 4.74 Å². The molecule has 0 heterocycles. The van der Waals surface area contributed by atoms with Crippen molar-refractivity contribution in [3.05, 3.63) is 107 Å². The van der Waals surface area contributed by atoms with Crippen LogP contribution in [-0.2, 0) is 22.7 Å². The van der Waals surface area contributed by atoms with E-state index in [9.17, 15) is 9.59 Å². The van der Waals surface area contributed by atoms with E-state index in [0.29, 0.717) is 18.8 Å². The first kappa shape index (κ1) is 30.2. The van der Waals surface area contributed by atoms with Gasteiger partial charge in [-0.2, -0.15) is 0 Å². The van der Waals surface area contributed by atoms with E-state index in [1.165, 1.54) is 32.1 Å². The number of carbonyl (C=O) groups is 2. The Morgan fingerprint density at radius 1 is 0.825 bits per heavy atom. The van der Waals surface area contributed by atoms with Crippen molar-refractivity contribution in [1.29, 1.82) is 0 Å². The summed E-state index contributed by atoms with van der Waals surface area (Å²) in [5.74, 6) is 5.90. The molecule has 0 aromatic heterocycles. The Morgan fingerprint density at radius 3 is 2.10 bits per heavy atom. The van der Waals surface area contributed by atoms with Crippen LogP contribution in [0.5, 0.6) is 5.75 Å². The van der Waals surface area contributed by atoms with Gasteiger partial charge in [0.15, 0.2) is 6.61 Å². The van der Waals surface area contributed by atoms with Gasteiger partial charge in [-0.05, 0) is 53.5 Å². The molecule has 5 heteroatoms. The fraction of sp³-hybridized carbons (Fsp3) is 0.314. The molecule has 0 fully saturated rings. The molecule has 0 bridgehead atoms. The van der Waals surface area contributed by atoms with Crippen LogP contribution in [0.4, 0.5) is 0 Å². The average Bonchev–Trinajstić information content (AvgIpc) is 2.98. The fourth-order valence-corrected chi connectivity index (χ4v) is 4.18. The summed E-state index contributed by atoms with van der Waals surface area (Å²) in [6.07, 6.45) is 11.9. The standard InChI is InChI=1S/C35H39NO4/c1-2-3-4-5-6-7-8-10-15-30-16-18-31(19-17-30)26-36(34(37)25-22-29-13-11-9-12-14-29)27-32-20-23-33(24-21-32)40-28-35(38)39/h9,11-14,16-25H,2-8,26-28H2,1H3,(H,38,39). The van der Waals surface area contributed by atoms with Gasteiger partial charge in [0.05, 0.1) is 0 Å². The van der Waals surface area contributed by atoms with E-state index in [1.807, 2.05) is 72.8 Å². The molecule has 208 valence electrons. The van der Waals surface area contributed by atoms with Gasteiger partial charge < -0.3 is 14.7 Å². The zero-order chi connectivity index (χ0) is 28.4. The lowest BCUT2D eigenvalue weighted by atomic mass is 10.1. The van der Waals surface area contributed by atoms with Gasteiger partial charge in [-0.15, -0.1) is 0 Å². The van der Waals surface area contributed by atoms with Gasteiger partial charge in [-0.25, -0.2) is 4.79 Å². The van der Waals surface area contributed by atoms with Crippen molar-refractivity contribution in [2.24, 2.45) is 0 Å². The van der Waals surface area contributed by atoms with E-state index >= 15 is 0 Å². The highest BCUT2D eigenvalue weighted by atomic mass is 16.5. The Morgan fingerprint density at radius 2 is 1.45 bits per heavy atom. The van der Waals surface area contributed by atoms with E-state index in [-0.39, 0.29) is 5.91 Å². The molecule has 0 aliphatic heterocycles. The van der Waals surface area contributed by atoms with Gasteiger partial charge in [-0.3, -0.25) is 4.79 Å². The van der Waals surface area contributed by atoms with E-state index in [0.717, 1.165) is 35.1 Å². The molecule has 40 heavy (non-hydrogen) atoms. The van der Waals surface area contributed by atoms with Crippen molar-refractivity contribution in [3.63, 3.8) is 0 Å². The van der Waals surface area contributed by atoms with E-state index in [2.05, 4.69) is 18.8 Å². The lowest BCUT2D eigenvalue weighted by Crippen LogP contribution is -2.28. The summed E-state index contributed by atoms with van der Waals surface area (Å²) in [7, 11) is 0. The minimum atomic E-state index is -1.03. The number of aliphatic carboxylic acids is 1. The topological polar surface area (TPSA) is 66.8 Å². The highest BCUT2D eigenvalue weighted by Crippen LogP contribution is 2.17. The summed E-state index contributed by atoms with van der Waals surface area (Å²) in [5, 5.41) is 8.81. The van der Waals surface area contributed by atoms with Crippen molar-refractivity contribution in [3.8, 4) is 17.6 Å². The molecular weight excluding hydrogens is 498 g/mol. The molecule has 0 aliphatic carbocycles. The van der Waals surface area contributed by atoms with Crippen LogP contribution >= 0.6 is 0 Å². The first-order valence-corrected chi connectivity index (χ1v) is 14.1. The van der Waals surface area contributed by atoms with Crippen LogP contribution in [0.1, 0.15) is 74.1 Å². The quantitative estimate of drug-likeness (QED) is 0.124. The number of benzene rings is 3. The van der Waals surface area contributed by atoms with Crippen LogP contribution in [0.3, 0.4) is 0 Å². The maximum Gasteiger partial charge on any atom is 0.341 e. The van der Waals surface area contributed by atoms with Gasteiger partial charge in [0, 0.05) is 31.1 Å². The van der Waals surface area contributed by atoms with Crippen molar-refractivity contribution < 1.29 is 19.4 Å². The number of nitrogens with zero attached hydrogens (tertiary/aromatic N) is 1. The summed E-state index contributed by atoms with van der Waals surface area (Å²) in [6, 6.07) is 25.0. The molecule has 0 saturated heterocycles. The number of carboxylic acids is 1. The molecule has 0 unspecified atom stereocenters. The summed E-state index contributed by atoms with van der Waals surface area (Å²) in [5.41, 5.74) is 3.87. The van der Waals surface area contributed by atoms with E-state index in [4.69, 9.17) is 9.84 Å². The van der Waals surface area contributed by atoms with Crippen molar-refractivity contribution in [1.82, 2.24) is 4.90 Å². The minimum absolute atomic E-state index is 0.0992. The van der Waals surface area contributed by atoms with Gasteiger partial charge in [0.1, 0.15) is 5.75 Å². The van der Waals surface area contributed by atoms with Gasteiger partial charge in [0.2, 0.25) is 5.91 Å². The van der Waals surface area contributed by atoms with Gasteiger partial charge >= 0.3 is 5.97 Å². The predicted octanol–water partition coefficient (Wildman–Crippen LogP) is 7.49. The summed E-state index contributed by atoms with van der Waals surface area (Å²) in [4.78, 5) is 25.8. The monoisotopic (exact) mass is 537 g/mol. The van der Waals surface area contributed by atoms with Crippen LogP contribution in [0.25, 0.3) is 6.08 Å². The molecule has 5 nitrogen and oxygen atoms in total. The molecule has 0 radical (unpaired) electrons. The maximum atomic E-state index is 13.2. The minimum Gasteiger partial charge on any atom is -0.482 e. The van der Waals surface area contributed by atoms with Crippen molar-refractivity contribution >= 4 is 18.0 Å². The Kier molecular flexibility index (Phi) is 13.1. The zero-order valence-corrected chi connectivity index (χ0v) is 23.4. The predicted molar refractivity (Wildman–Crippen MR) is 161 cm³/mol. The highest BCUT2D eigenvalue weighted by Gasteiger charge is 2.13. The molecule has 3 aromatic rings. The highest BCUT2D eigenvalue weighted by molar-refractivity contribution is 5.91. The third kappa shape index (κ3) is 11.6. The molecule has 0 spiro atoms. The molecule has 1 amide bonds. The lowest BCUT2D eigenvalue weighted by Gasteiger charge is -2.22. The first-order valence-electron chi connectivity index (χ1n) is 14.1. The molecular formula is C35H39NO4. The summed E-state index contributed by atoms with van der Waals surface area (Å²) < 4.78 is 5.23. The van der Waals surface area contributed by atoms with Gasteiger partial charge in [0.25, 0.3) is 0 Å². The number of carboxylic acid groups (broad SMARTS) is 1. The fourth-order valence-electron chi connectivity index (χ4n) is 4.18. The van der Waals surface area contributed by atoms with Gasteiger partial charge in [-0.1, -0.05) is 105 Å². The smallest absolute Gasteiger partial charge is 0.341 e. The van der Waals surface area contributed by atoms with E-state index in [1.54, 1.807) is 23.1 Å². The Hall–Kier alpha value is -4.30. The molecule has 0 saturated carbocycles. The molecule has 0 atom stereocenters. The second kappa shape index (κ2) is 17.3. The Labute approximate surface area is 238 Å². The second-order valence-corrected chi connectivity index (χ2v) is 9.78. The normalized spacial score (nSPS) is 10.6. The second-order valence-electron chi connectivity index (χ2n) is 9.78. The number of hydrogen-bond donors (Lipinski definition) is 1. The van der Waals surface area contributed by atoms with Crippen LogP contribution in [0.15, 0.2) is 84.9 Å². The molecule has 0 aliphatic rings. The molecule has 3 aromatic carbocycles. The number of ether oxygens (including phenoxy) is 1. The van der Waals surface area contributed by atoms with Crippen LogP contribution in [-0.4, -0.2) is 28.5 Å². The largest absolute Gasteiger partial charge is 0.482 e. The van der Waals surface area contributed by atoms with Crippen LogP contribution in [0, 0.1) is 11.8 Å². The number of carbonyl (C=O) groups excluding carboxylic acids is 1. The van der Waals surface area contributed by atoms with Crippen molar-refractivity contribution in [2.75, 3.05) is 6.61 Å². The van der Waals surface area contributed by atoms with E-state index < -0.39 is 12.6 Å². The van der Waals surface area contributed by atoms with Crippen LogP contribution in [0.2, 0.25) is 0 Å². The number of rotatable bonds is 15. The molecule has 1 N–H and O–H groups in total. The number of hydrogen-bond acceptors (Lipinski definition) is 3. The number of unbranched alkanes of at least 4 members (excludes halogenated alkanes) is 6. The van der Waals surface area contributed by atoms with Crippen molar-refractivity contribution in [2.45, 2.75) is 65.0 Å². The third-order valence-electron chi connectivity index (χ3n) is 6.40. The summed E-state index contributed by atoms with van der Waals surface area (Å²) >= 11 is 0. The summed E-state index contributed by atoms with van der Waals surface area (Å²) in [6.45, 7) is 2.68. The Bertz CT molecular complexity index is 1270. The maximum absolute atomic E-state index is 13.2. The first-order chi connectivity index (χ1) is 19.5. The third-order valence-corrected chi connectivity index (χ3v) is 6.40. The number of amides is 1. The molecule has 3 rings (SSSR count). The SMILES string of the molecule is CCCCCCCCC#Cc1ccc(CN(Cc2ccc(OCC(=O)O)cc2)C(=O)C=Cc2ccccc2)cc1. The Balaban J connectivity index is 1.63. The zero-order valence-electron chi connectivity index (χ0n) is 23.4.